The third-order valence-corrected chi connectivity index (χ3v) is 4.62. The minimum Gasteiger partial charge on any atom is -0.490 e. The SMILES string of the molecule is CCOc1ccc(C(=O)NCC(=O)N2CCCc3ccccc32)cc1OCC. The number of carbonyl (C=O) groups is 2. The number of amides is 2. The summed E-state index contributed by atoms with van der Waals surface area (Å²) in [5, 5.41) is 2.72. The first-order valence-corrected chi connectivity index (χ1v) is 9.70. The second-order valence-corrected chi connectivity index (χ2v) is 6.49. The Bertz CT molecular complexity index is 850. The number of benzene rings is 2. The lowest BCUT2D eigenvalue weighted by Crippen LogP contribution is -2.42. The summed E-state index contributed by atoms with van der Waals surface area (Å²) in [5.74, 6) is 0.689. The molecular weight excluding hydrogens is 356 g/mol. The molecule has 0 unspecified atom stereocenters. The maximum absolute atomic E-state index is 12.7. The first-order chi connectivity index (χ1) is 13.6. The number of nitrogens with one attached hydrogen (secondary N) is 1. The smallest absolute Gasteiger partial charge is 0.251 e. The van der Waals surface area contributed by atoms with Crippen molar-refractivity contribution < 1.29 is 19.1 Å². The van der Waals surface area contributed by atoms with Crippen LogP contribution >= 0.6 is 0 Å². The van der Waals surface area contributed by atoms with E-state index in [1.54, 1.807) is 23.1 Å². The molecule has 2 amide bonds. The summed E-state index contributed by atoms with van der Waals surface area (Å²) >= 11 is 0. The second-order valence-electron chi connectivity index (χ2n) is 6.49. The van der Waals surface area contributed by atoms with Gasteiger partial charge in [0.05, 0.1) is 19.8 Å². The van der Waals surface area contributed by atoms with Crippen LogP contribution in [-0.4, -0.2) is 38.1 Å². The average Bonchev–Trinajstić information content (AvgIpc) is 2.73. The predicted octanol–water partition coefficient (Wildman–Crippen LogP) is 3.19. The zero-order valence-electron chi connectivity index (χ0n) is 16.4. The van der Waals surface area contributed by atoms with Gasteiger partial charge in [0.15, 0.2) is 11.5 Å². The molecule has 0 saturated carbocycles. The van der Waals surface area contributed by atoms with Gasteiger partial charge in [-0.25, -0.2) is 0 Å². The van der Waals surface area contributed by atoms with E-state index in [4.69, 9.17) is 9.47 Å². The lowest BCUT2D eigenvalue weighted by molar-refractivity contribution is -0.117. The number of ether oxygens (including phenoxy) is 2. The molecule has 148 valence electrons. The normalized spacial score (nSPS) is 12.9. The first-order valence-electron chi connectivity index (χ1n) is 9.70. The van der Waals surface area contributed by atoms with Gasteiger partial charge in [0.1, 0.15) is 0 Å². The third kappa shape index (κ3) is 4.44. The van der Waals surface area contributed by atoms with Crippen molar-refractivity contribution in [2.24, 2.45) is 0 Å². The number of carbonyl (C=O) groups excluding carboxylic acids is 2. The molecule has 2 aromatic carbocycles. The number of hydrogen-bond donors (Lipinski definition) is 1. The Hall–Kier alpha value is -3.02. The number of rotatable bonds is 7. The van der Waals surface area contributed by atoms with Crippen LogP contribution < -0.4 is 19.7 Å². The van der Waals surface area contributed by atoms with Crippen LogP contribution in [-0.2, 0) is 11.2 Å². The molecule has 1 aliphatic heterocycles. The summed E-state index contributed by atoms with van der Waals surface area (Å²) in [6.07, 6.45) is 1.89. The molecule has 6 heteroatoms. The number of fused-ring (bicyclic) bond motifs is 1. The van der Waals surface area contributed by atoms with Gasteiger partial charge in [-0.3, -0.25) is 9.59 Å². The van der Waals surface area contributed by atoms with E-state index in [0.29, 0.717) is 36.8 Å². The number of aryl methyl sites for hydroxylation is 1. The van der Waals surface area contributed by atoms with Gasteiger partial charge >= 0.3 is 0 Å². The lowest BCUT2D eigenvalue weighted by Gasteiger charge is -2.29. The zero-order valence-corrected chi connectivity index (χ0v) is 16.4. The summed E-state index contributed by atoms with van der Waals surface area (Å²) in [7, 11) is 0. The highest BCUT2D eigenvalue weighted by molar-refractivity contribution is 6.01. The Kier molecular flexibility index (Phi) is 6.53. The molecule has 0 atom stereocenters. The lowest BCUT2D eigenvalue weighted by atomic mass is 10.0. The fourth-order valence-corrected chi connectivity index (χ4v) is 3.34. The minimum absolute atomic E-state index is 0.0512. The summed E-state index contributed by atoms with van der Waals surface area (Å²) in [6, 6.07) is 12.9. The Balaban J connectivity index is 1.66. The van der Waals surface area contributed by atoms with E-state index in [1.165, 1.54) is 5.56 Å². The van der Waals surface area contributed by atoms with Crippen molar-refractivity contribution in [3.8, 4) is 11.5 Å². The van der Waals surface area contributed by atoms with Crippen molar-refractivity contribution in [3.05, 3.63) is 53.6 Å². The van der Waals surface area contributed by atoms with Crippen LogP contribution in [0.1, 0.15) is 36.2 Å². The van der Waals surface area contributed by atoms with Gasteiger partial charge in [-0.1, -0.05) is 18.2 Å². The van der Waals surface area contributed by atoms with E-state index >= 15 is 0 Å². The molecule has 1 heterocycles. The number of para-hydroxylation sites is 1. The molecule has 1 N–H and O–H groups in total. The van der Waals surface area contributed by atoms with Crippen molar-refractivity contribution in [1.29, 1.82) is 0 Å². The molecular formula is C22H26N2O4. The van der Waals surface area contributed by atoms with Gasteiger partial charge in [-0.05, 0) is 56.5 Å². The van der Waals surface area contributed by atoms with Crippen LogP contribution in [0.3, 0.4) is 0 Å². The van der Waals surface area contributed by atoms with E-state index in [1.807, 2.05) is 38.1 Å². The molecule has 2 aromatic rings. The minimum atomic E-state index is -0.317. The van der Waals surface area contributed by atoms with Crippen LogP contribution in [0.25, 0.3) is 0 Å². The average molecular weight is 382 g/mol. The number of anilines is 1. The second kappa shape index (κ2) is 9.26. The number of nitrogens with zero attached hydrogens (tertiary/aromatic N) is 1. The van der Waals surface area contributed by atoms with Gasteiger partial charge < -0.3 is 19.7 Å². The fraction of sp³-hybridized carbons (Fsp3) is 0.364. The fourth-order valence-electron chi connectivity index (χ4n) is 3.34. The summed E-state index contributed by atoms with van der Waals surface area (Å²) in [4.78, 5) is 26.9. The van der Waals surface area contributed by atoms with E-state index in [2.05, 4.69) is 5.32 Å². The highest BCUT2D eigenvalue weighted by atomic mass is 16.5. The van der Waals surface area contributed by atoms with E-state index in [9.17, 15) is 9.59 Å². The molecule has 0 spiro atoms. The van der Waals surface area contributed by atoms with Crippen LogP contribution in [0, 0.1) is 0 Å². The molecule has 0 aliphatic carbocycles. The largest absolute Gasteiger partial charge is 0.490 e. The maximum Gasteiger partial charge on any atom is 0.251 e. The maximum atomic E-state index is 12.7. The van der Waals surface area contributed by atoms with Crippen LogP contribution in [0.15, 0.2) is 42.5 Å². The van der Waals surface area contributed by atoms with Crippen LogP contribution in [0.5, 0.6) is 11.5 Å². The molecule has 6 nitrogen and oxygen atoms in total. The van der Waals surface area contributed by atoms with Crippen molar-refractivity contribution in [2.45, 2.75) is 26.7 Å². The van der Waals surface area contributed by atoms with Gasteiger partial charge in [0, 0.05) is 17.8 Å². The molecule has 0 fully saturated rings. The number of hydrogen-bond acceptors (Lipinski definition) is 4. The van der Waals surface area contributed by atoms with Crippen molar-refractivity contribution in [3.63, 3.8) is 0 Å². The highest BCUT2D eigenvalue weighted by Crippen LogP contribution is 2.29. The molecule has 0 saturated heterocycles. The molecule has 3 rings (SSSR count). The van der Waals surface area contributed by atoms with E-state index in [-0.39, 0.29) is 18.4 Å². The third-order valence-electron chi connectivity index (χ3n) is 4.62. The van der Waals surface area contributed by atoms with Gasteiger partial charge in [0.2, 0.25) is 5.91 Å². The monoisotopic (exact) mass is 382 g/mol. The van der Waals surface area contributed by atoms with Crippen molar-refractivity contribution in [2.75, 3.05) is 31.2 Å². The molecule has 0 aromatic heterocycles. The quantitative estimate of drug-likeness (QED) is 0.799. The molecule has 1 aliphatic rings. The Morgan fingerprint density at radius 3 is 2.57 bits per heavy atom. The Labute approximate surface area is 165 Å². The standard InChI is InChI=1S/C22H26N2O4/c1-3-27-19-12-11-17(14-20(19)28-4-2)22(26)23-15-21(25)24-13-7-9-16-8-5-6-10-18(16)24/h5-6,8,10-12,14H,3-4,7,9,13,15H2,1-2H3,(H,23,26). The summed E-state index contributed by atoms with van der Waals surface area (Å²) in [6.45, 7) is 5.36. The van der Waals surface area contributed by atoms with Gasteiger partial charge in [0.25, 0.3) is 5.91 Å². The highest BCUT2D eigenvalue weighted by Gasteiger charge is 2.22. The van der Waals surface area contributed by atoms with Crippen LogP contribution in [0.4, 0.5) is 5.69 Å². The topological polar surface area (TPSA) is 67.9 Å². The van der Waals surface area contributed by atoms with E-state index < -0.39 is 0 Å². The Morgan fingerprint density at radius 2 is 1.79 bits per heavy atom. The summed E-state index contributed by atoms with van der Waals surface area (Å²) in [5.41, 5.74) is 2.53. The summed E-state index contributed by atoms with van der Waals surface area (Å²) < 4.78 is 11.1. The molecule has 28 heavy (non-hydrogen) atoms. The van der Waals surface area contributed by atoms with Crippen LogP contribution in [0.2, 0.25) is 0 Å². The zero-order chi connectivity index (χ0) is 19.9. The predicted molar refractivity (Wildman–Crippen MR) is 108 cm³/mol. The Morgan fingerprint density at radius 1 is 1.04 bits per heavy atom. The van der Waals surface area contributed by atoms with Crippen molar-refractivity contribution >= 4 is 17.5 Å². The van der Waals surface area contributed by atoms with Gasteiger partial charge in [-0.2, -0.15) is 0 Å². The van der Waals surface area contributed by atoms with Crippen molar-refractivity contribution in [1.82, 2.24) is 5.32 Å². The van der Waals surface area contributed by atoms with E-state index in [0.717, 1.165) is 18.5 Å². The first kappa shape index (κ1) is 19.7. The molecule has 0 bridgehead atoms. The molecule has 0 radical (unpaired) electrons. The van der Waals surface area contributed by atoms with Gasteiger partial charge in [-0.15, -0.1) is 0 Å².